The quantitative estimate of drug-likeness (QED) is 0.547. The van der Waals surface area contributed by atoms with E-state index in [-0.39, 0.29) is 17.9 Å². The number of hydrogen-bond acceptors (Lipinski definition) is 4. The molecule has 1 aliphatic rings. The minimum Gasteiger partial charge on any atom is -0.444 e. The molecule has 0 spiro atoms. The van der Waals surface area contributed by atoms with Crippen LogP contribution in [0, 0.1) is 26.7 Å². The summed E-state index contributed by atoms with van der Waals surface area (Å²) in [6, 6.07) is 8.46. The van der Waals surface area contributed by atoms with Gasteiger partial charge in [0.05, 0.1) is 12.2 Å². The predicted molar refractivity (Wildman–Crippen MR) is 139 cm³/mol. The van der Waals surface area contributed by atoms with E-state index in [1.54, 1.807) is 18.0 Å². The molecule has 1 unspecified atom stereocenters. The van der Waals surface area contributed by atoms with Crippen LogP contribution in [-0.2, 0) is 16.1 Å². The minimum absolute atomic E-state index is 0.000273. The Labute approximate surface area is 209 Å². The second-order valence-corrected chi connectivity index (χ2v) is 10.7. The monoisotopic (exact) mass is 480 g/mol. The molecule has 2 amide bonds. The molecule has 35 heavy (non-hydrogen) atoms. The lowest BCUT2D eigenvalue weighted by molar-refractivity contribution is -0.127. The molecule has 2 heterocycles. The fourth-order valence-electron chi connectivity index (χ4n) is 4.45. The number of benzene rings is 1. The maximum absolute atomic E-state index is 13.0. The van der Waals surface area contributed by atoms with Crippen molar-refractivity contribution in [3.8, 4) is 0 Å². The summed E-state index contributed by atoms with van der Waals surface area (Å²) in [6.07, 6.45) is 5.15. The number of carbonyl (C=O) groups excluding carboxylic acids is 2. The number of ether oxygens (including phenoxy) is 1. The van der Waals surface area contributed by atoms with Gasteiger partial charge >= 0.3 is 6.09 Å². The van der Waals surface area contributed by atoms with Crippen LogP contribution >= 0.6 is 0 Å². The van der Waals surface area contributed by atoms with E-state index < -0.39 is 5.60 Å². The summed E-state index contributed by atoms with van der Waals surface area (Å²) in [5.41, 5.74) is 4.86. The summed E-state index contributed by atoms with van der Waals surface area (Å²) in [6.45, 7) is 14.3. The molecular formula is C28H40N4O3. The summed E-state index contributed by atoms with van der Waals surface area (Å²) in [5.74, 6) is 0.235. The molecule has 1 aliphatic heterocycles. The topological polar surface area (TPSA) is 67.7 Å². The summed E-state index contributed by atoms with van der Waals surface area (Å²) in [7, 11) is 1.76. The highest BCUT2D eigenvalue weighted by Crippen LogP contribution is 2.21. The van der Waals surface area contributed by atoms with Gasteiger partial charge in [0.2, 0.25) is 5.91 Å². The van der Waals surface area contributed by atoms with Crippen LogP contribution in [0.1, 0.15) is 61.7 Å². The van der Waals surface area contributed by atoms with Crippen molar-refractivity contribution in [1.29, 1.82) is 0 Å². The van der Waals surface area contributed by atoms with E-state index in [1.165, 1.54) is 11.1 Å². The molecule has 7 nitrogen and oxygen atoms in total. The maximum Gasteiger partial charge on any atom is 0.410 e. The maximum atomic E-state index is 13.0. The van der Waals surface area contributed by atoms with Crippen molar-refractivity contribution in [3.63, 3.8) is 0 Å². The average molecular weight is 481 g/mol. The second-order valence-electron chi connectivity index (χ2n) is 10.7. The largest absolute Gasteiger partial charge is 0.444 e. The molecule has 0 radical (unpaired) electrons. The SMILES string of the molecule is Cc1ccc(Cn2nc(C)c(/C=C/C(=O)N3CCCC(CN(C)C(=O)OC(C)(C)C)C3)c2C)cc1. The predicted octanol–water partition coefficient (Wildman–Crippen LogP) is 4.98. The molecule has 1 aromatic carbocycles. The number of amides is 2. The number of rotatable bonds is 6. The zero-order chi connectivity index (χ0) is 25.8. The Balaban J connectivity index is 1.60. The van der Waals surface area contributed by atoms with Crippen LogP contribution in [0.15, 0.2) is 30.3 Å². The number of hydrogen-bond donors (Lipinski definition) is 0. The highest BCUT2D eigenvalue weighted by molar-refractivity contribution is 5.92. The third-order valence-corrected chi connectivity index (χ3v) is 6.35. The lowest BCUT2D eigenvalue weighted by atomic mass is 9.97. The summed E-state index contributed by atoms with van der Waals surface area (Å²) in [4.78, 5) is 28.8. The zero-order valence-electron chi connectivity index (χ0n) is 22.3. The van der Waals surface area contributed by atoms with Crippen molar-refractivity contribution in [2.75, 3.05) is 26.7 Å². The molecule has 0 aliphatic carbocycles. The molecule has 190 valence electrons. The van der Waals surface area contributed by atoms with E-state index in [2.05, 4.69) is 31.2 Å². The normalized spacial score (nSPS) is 16.5. The van der Waals surface area contributed by atoms with Crippen LogP contribution in [0.5, 0.6) is 0 Å². The first kappa shape index (κ1) is 26.5. The van der Waals surface area contributed by atoms with Gasteiger partial charge in [0, 0.05) is 44.0 Å². The highest BCUT2D eigenvalue weighted by Gasteiger charge is 2.26. The van der Waals surface area contributed by atoms with Crippen molar-refractivity contribution >= 4 is 18.1 Å². The Morgan fingerprint density at radius 1 is 1.17 bits per heavy atom. The fourth-order valence-corrected chi connectivity index (χ4v) is 4.45. The lowest BCUT2D eigenvalue weighted by Crippen LogP contribution is -2.44. The number of aromatic nitrogens is 2. The van der Waals surface area contributed by atoms with Crippen LogP contribution in [0.4, 0.5) is 4.79 Å². The first-order valence-corrected chi connectivity index (χ1v) is 12.4. The van der Waals surface area contributed by atoms with Crippen molar-refractivity contribution < 1.29 is 14.3 Å². The molecule has 1 atom stereocenters. The molecule has 3 rings (SSSR count). The first-order chi connectivity index (χ1) is 16.4. The smallest absolute Gasteiger partial charge is 0.410 e. The van der Waals surface area contributed by atoms with Gasteiger partial charge in [0.15, 0.2) is 0 Å². The minimum atomic E-state index is -0.519. The van der Waals surface area contributed by atoms with E-state index in [0.717, 1.165) is 36.3 Å². The van der Waals surface area contributed by atoms with Gasteiger partial charge in [-0.15, -0.1) is 0 Å². The third-order valence-electron chi connectivity index (χ3n) is 6.35. The lowest BCUT2D eigenvalue weighted by Gasteiger charge is -2.34. The van der Waals surface area contributed by atoms with Crippen LogP contribution in [0.3, 0.4) is 0 Å². The molecule has 0 bridgehead atoms. The number of aryl methyl sites for hydroxylation is 2. The number of likely N-dealkylation sites (tertiary alicyclic amines) is 1. The number of carbonyl (C=O) groups is 2. The summed E-state index contributed by atoms with van der Waals surface area (Å²) in [5, 5.41) is 4.70. The van der Waals surface area contributed by atoms with Crippen LogP contribution in [0.25, 0.3) is 6.08 Å². The molecule has 1 saturated heterocycles. The van der Waals surface area contributed by atoms with Crippen LogP contribution in [0.2, 0.25) is 0 Å². The van der Waals surface area contributed by atoms with Gasteiger partial charge in [-0.05, 0) is 71.9 Å². The standard InChI is InChI=1S/C28H40N4O3/c1-20-10-12-23(13-11-20)19-32-22(3)25(21(2)29-32)14-15-26(33)31-16-8-9-24(18-31)17-30(7)27(34)35-28(4,5)6/h10-15,24H,8-9,16-19H2,1-7H3/b15-14+. The molecule has 2 aromatic rings. The van der Waals surface area contributed by atoms with Gasteiger partial charge in [-0.1, -0.05) is 29.8 Å². The Morgan fingerprint density at radius 2 is 1.86 bits per heavy atom. The van der Waals surface area contributed by atoms with Crippen molar-refractivity contribution in [1.82, 2.24) is 19.6 Å². The number of nitrogens with zero attached hydrogens (tertiary/aromatic N) is 4. The van der Waals surface area contributed by atoms with E-state index >= 15 is 0 Å². The molecule has 1 aromatic heterocycles. The van der Waals surface area contributed by atoms with Crippen molar-refractivity contribution in [3.05, 3.63) is 58.4 Å². The Hall–Kier alpha value is -3.09. The first-order valence-electron chi connectivity index (χ1n) is 12.4. The number of piperidine rings is 1. The third kappa shape index (κ3) is 7.44. The summed E-state index contributed by atoms with van der Waals surface area (Å²) < 4.78 is 7.45. The summed E-state index contributed by atoms with van der Waals surface area (Å²) >= 11 is 0. The zero-order valence-corrected chi connectivity index (χ0v) is 22.3. The Kier molecular flexibility index (Phi) is 8.41. The van der Waals surface area contributed by atoms with Gasteiger partial charge in [-0.3, -0.25) is 9.48 Å². The van der Waals surface area contributed by atoms with Gasteiger partial charge in [-0.25, -0.2) is 4.79 Å². The van der Waals surface area contributed by atoms with E-state index in [0.29, 0.717) is 19.6 Å². The molecule has 1 fully saturated rings. The molecular weight excluding hydrogens is 440 g/mol. The van der Waals surface area contributed by atoms with E-state index in [1.807, 2.05) is 50.3 Å². The Morgan fingerprint density at radius 3 is 2.51 bits per heavy atom. The Bertz CT molecular complexity index is 1060. The van der Waals surface area contributed by atoms with Gasteiger partial charge in [0.1, 0.15) is 5.60 Å². The van der Waals surface area contributed by atoms with Crippen LogP contribution < -0.4 is 0 Å². The van der Waals surface area contributed by atoms with Gasteiger partial charge in [0.25, 0.3) is 0 Å². The van der Waals surface area contributed by atoms with Gasteiger partial charge in [-0.2, -0.15) is 5.10 Å². The molecule has 0 saturated carbocycles. The van der Waals surface area contributed by atoms with E-state index in [4.69, 9.17) is 9.84 Å². The van der Waals surface area contributed by atoms with Crippen molar-refractivity contribution in [2.45, 2.75) is 66.5 Å². The van der Waals surface area contributed by atoms with Crippen molar-refractivity contribution in [2.24, 2.45) is 5.92 Å². The van der Waals surface area contributed by atoms with Crippen LogP contribution in [-0.4, -0.2) is 63.9 Å². The average Bonchev–Trinajstić information content (AvgIpc) is 3.05. The fraction of sp³-hybridized carbons (Fsp3) is 0.536. The molecule has 0 N–H and O–H groups in total. The van der Waals surface area contributed by atoms with Gasteiger partial charge < -0.3 is 14.5 Å². The second kappa shape index (κ2) is 11.1. The van der Waals surface area contributed by atoms with E-state index in [9.17, 15) is 9.59 Å². The highest BCUT2D eigenvalue weighted by atomic mass is 16.6. The molecule has 7 heteroatoms.